The molecule has 7 heteroatoms. The first-order valence-electron chi connectivity index (χ1n) is 8.07. The van der Waals surface area contributed by atoms with E-state index in [-0.39, 0.29) is 22.3 Å². The molecule has 0 spiro atoms. The highest BCUT2D eigenvalue weighted by atomic mass is 35.5. The second-order valence-corrected chi connectivity index (χ2v) is 6.20. The molecule has 0 aliphatic rings. The molecule has 0 radical (unpaired) electrons. The molecule has 0 amide bonds. The van der Waals surface area contributed by atoms with Crippen LogP contribution in [0.5, 0.6) is 23.0 Å². The predicted octanol–water partition coefficient (Wildman–Crippen LogP) is 4.43. The molecule has 0 aromatic heterocycles. The molecule has 0 atom stereocenters. The summed E-state index contributed by atoms with van der Waals surface area (Å²) in [4.78, 5) is 23.9. The van der Waals surface area contributed by atoms with Gasteiger partial charge in [0.05, 0.1) is 12.7 Å². The van der Waals surface area contributed by atoms with Crippen LogP contribution in [0, 0.1) is 0 Å². The number of halogens is 1. The zero-order valence-electron chi connectivity index (χ0n) is 14.8. The molecule has 1 N–H and O–H groups in total. The fraction of sp³-hybridized carbons (Fsp3) is 0.0476. The smallest absolute Gasteiger partial charge is 0.354 e. The second kappa shape index (κ2) is 8.02. The minimum absolute atomic E-state index is 0.0535. The predicted molar refractivity (Wildman–Crippen MR) is 104 cm³/mol. The summed E-state index contributed by atoms with van der Waals surface area (Å²) in [6.07, 6.45) is 0. The first kappa shape index (κ1) is 19.3. The average molecular weight is 399 g/mol. The Morgan fingerprint density at radius 3 is 2.29 bits per heavy atom. The van der Waals surface area contributed by atoms with Gasteiger partial charge in [-0.05, 0) is 47.2 Å². The summed E-state index contributed by atoms with van der Waals surface area (Å²) in [5, 5.41) is 10.9. The lowest BCUT2D eigenvalue weighted by molar-refractivity contribution is -0.129. The maximum Gasteiger partial charge on any atom is 0.354 e. The topological polar surface area (TPSA) is 82.1 Å². The third-order valence-electron chi connectivity index (χ3n) is 3.84. The van der Waals surface area contributed by atoms with Gasteiger partial charge in [-0.25, -0.2) is 9.59 Å². The van der Waals surface area contributed by atoms with E-state index in [0.717, 1.165) is 10.8 Å². The van der Waals surface area contributed by atoms with Crippen molar-refractivity contribution in [3.63, 3.8) is 0 Å². The van der Waals surface area contributed by atoms with Gasteiger partial charge in [0.15, 0.2) is 11.5 Å². The number of fused-ring (bicyclic) bond motifs is 1. The van der Waals surface area contributed by atoms with E-state index in [2.05, 4.69) is 6.58 Å². The number of carbonyl (C=O) groups excluding carboxylic acids is 2. The maximum atomic E-state index is 12.4. The molecule has 0 bridgehead atoms. The van der Waals surface area contributed by atoms with Gasteiger partial charge in [-0.15, -0.1) is 0 Å². The van der Waals surface area contributed by atoms with Crippen molar-refractivity contribution in [2.75, 3.05) is 7.11 Å². The van der Waals surface area contributed by atoms with Crippen LogP contribution in [0.4, 0.5) is 0 Å². The highest BCUT2D eigenvalue weighted by Crippen LogP contribution is 2.30. The Balaban J connectivity index is 1.80. The van der Waals surface area contributed by atoms with Gasteiger partial charge in [0.1, 0.15) is 16.5 Å². The molecule has 3 aromatic carbocycles. The third kappa shape index (κ3) is 4.24. The molecule has 6 nitrogen and oxygen atoms in total. The number of carbonyl (C=O) groups is 2. The van der Waals surface area contributed by atoms with Crippen LogP contribution in [0.2, 0.25) is 0 Å². The molecule has 3 rings (SSSR count). The summed E-state index contributed by atoms with van der Waals surface area (Å²) in [6, 6.07) is 14.1. The summed E-state index contributed by atoms with van der Waals surface area (Å²) < 4.78 is 15.4. The summed E-state index contributed by atoms with van der Waals surface area (Å²) in [5.74, 6) is -0.601. The Labute approximate surface area is 165 Å². The lowest BCUT2D eigenvalue weighted by atomic mass is 10.1. The summed E-state index contributed by atoms with van der Waals surface area (Å²) in [6.45, 7) is 3.31. The highest BCUT2D eigenvalue weighted by molar-refractivity contribution is 6.41. The monoisotopic (exact) mass is 398 g/mol. The molecular formula is C21H15ClO6. The van der Waals surface area contributed by atoms with Crippen molar-refractivity contribution < 1.29 is 28.9 Å². The lowest BCUT2D eigenvalue weighted by Crippen LogP contribution is -2.08. The molecule has 0 unspecified atom stereocenters. The second-order valence-electron chi connectivity index (χ2n) is 5.74. The SMILES string of the molecule is C=C(Cl)C(=O)Oc1ccc2cc(C(=O)Oc3ccc(O)c(OC)c3)ccc2c1. The molecule has 142 valence electrons. The van der Waals surface area contributed by atoms with E-state index < -0.39 is 11.9 Å². The summed E-state index contributed by atoms with van der Waals surface area (Å²) >= 11 is 5.50. The van der Waals surface area contributed by atoms with Crippen molar-refractivity contribution in [2.45, 2.75) is 0 Å². The van der Waals surface area contributed by atoms with Gasteiger partial charge < -0.3 is 19.3 Å². The largest absolute Gasteiger partial charge is 0.504 e. The number of hydrogen-bond acceptors (Lipinski definition) is 6. The van der Waals surface area contributed by atoms with Crippen LogP contribution in [-0.4, -0.2) is 24.2 Å². The van der Waals surface area contributed by atoms with Crippen LogP contribution in [0.1, 0.15) is 10.4 Å². The molecule has 3 aromatic rings. The molecule has 0 aliphatic carbocycles. The highest BCUT2D eigenvalue weighted by Gasteiger charge is 2.13. The number of methoxy groups -OCH3 is 1. The fourth-order valence-electron chi connectivity index (χ4n) is 2.46. The zero-order chi connectivity index (χ0) is 20.3. The minimum atomic E-state index is -0.731. The Morgan fingerprint density at radius 1 is 0.929 bits per heavy atom. The van der Waals surface area contributed by atoms with Crippen molar-refractivity contribution in [2.24, 2.45) is 0 Å². The summed E-state index contributed by atoms with van der Waals surface area (Å²) in [7, 11) is 1.40. The molecule has 0 saturated heterocycles. The van der Waals surface area contributed by atoms with E-state index in [0.29, 0.717) is 11.3 Å². The van der Waals surface area contributed by atoms with Gasteiger partial charge in [-0.3, -0.25) is 0 Å². The Kier molecular flexibility index (Phi) is 5.52. The fourth-order valence-corrected chi connectivity index (χ4v) is 2.50. The van der Waals surface area contributed by atoms with Gasteiger partial charge in [0.2, 0.25) is 0 Å². The minimum Gasteiger partial charge on any atom is -0.504 e. The molecule has 28 heavy (non-hydrogen) atoms. The van der Waals surface area contributed by atoms with Gasteiger partial charge in [-0.2, -0.15) is 0 Å². The molecule has 0 aliphatic heterocycles. The number of phenols is 1. The first-order chi connectivity index (χ1) is 13.4. The number of rotatable bonds is 5. The normalized spacial score (nSPS) is 10.4. The van der Waals surface area contributed by atoms with E-state index in [1.54, 1.807) is 36.4 Å². The Bertz CT molecular complexity index is 1090. The van der Waals surface area contributed by atoms with Crippen LogP contribution in [-0.2, 0) is 4.79 Å². The van der Waals surface area contributed by atoms with Crippen LogP contribution in [0.3, 0.4) is 0 Å². The number of phenolic OH excluding ortho intramolecular Hbond substituents is 1. The van der Waals surface area contributed by atoms with Gasteiger partial charge in [0, 0.05) is 6.07 Å². The van der Waals surface area contributed by atoms with Crippen LogP contribution < -0.4 is 14.2 Å². The van der Waals surface area contributed by atoms with E-state index in [1.165, 1.54) is 25.3 Å². The Hall–Kier alpha value is -3.51. The quantitative estimate of drug-likeness (QED) is 0.389. The third-order valence-corrected chi connectivity index (χ3v) is 4.00. The van der Waals surface area contributed by atoms with Crippen LogP contribution >= 0.6 is 11.6 Å². The molecule has 0 saturated carbocycles. The van der Waals surface area contributed by atoms with Gasteiger partial charge in [0.25, 0.3) is 0 Å². The number of benzene rings is 3. The summed E-state index contributed by atoms with van der Waals surface area (Å²) in [5.41, 5.74) is 0.332. The number of esters is 2. The van der Waals surface area contributed by atoms with Crippen LogP contribution in [0.25, 0.3) is 10.8 Å². The number of ether oxygens (including phenoxy) is 3. The van der Waals surface area contributed by atoms with E-state index in [4.69, 9.17) is 25.8 Å². The maximum absolute atomic E-state index is 12.4. The average Bonchev–Trinajstić information content (AvgIpc) is 2.68. The molecule has 0 fully saturated rings. The Morgan fingerprint density at radius 2 is 1.57 bits per heavy atom. The zero-order valence-corrected chi connectivity index (χ0v) is 15.5. The van der Waals surface area contributed by atoms with Gasteiger partial charge in [-0.1, -0.05) is 30.3 Å². The van der Waals surface area contributed by atoms with E-state index in [9.17, 15) is 14.7 Å². The lowest BCUT2D eigenvalue weighted by Gasteiger charge is -2.09. The number of aromatic hydroxyl groups is 1. The van der Waals surface area contributed by atoms with Crippen molar-refractivity contribution >= 4 is 34.3 Å². The van der Waals surface area contributed by atoms with Crippen molar-refractivity contribution in [1.29, 1.82) is 0 Å². The van der Waals surface area contributed by atoms with Crippen molar-refractivity contribution in [3.8, 4) is 23.0 Å². The van der Waals surface area contributed by atoms with Crippen molar-refractivity contribution in [3.05, 3.63) is 71.8 Å². The molecular weight excluding hydrogens is 384 g/mol. The van der Waals surface area contributed by atoms with Gasteiger partial charge >= 0.3 is 11.9 Å². The molecule has 0 heterocycles. The van der Waals surface area contributed by atoms with Crippen LogP contribution in [0.15, 0.2) is 66.2 Å². The van der Waals surface area contributed by atoms with Crippen molar-refractivity contribution in [1.82, 2.24) is 0 Å². The standard InChI is InChI=1S/C21H15ClO6/c1-12(22)20(24)27-16-6-5-13-9-15(4-3-14(13)10-16)21(25)28-17-7-8-18(23)19(11-17)26-2/h3-11,23H,1H2,2H3. The first-order valence-corrected chi connectivity index (χ1v) is 8.45. The van der Waals surface area contributed by atoms with E-state index in [1.807, 2.05) is 0 Å². The van der Waals surface area contributed by atoms with E-state index >= 15 is 0 Å². The number of hydrogen-bond donors (Lipinski definition) is 1.